The van der Waals surface area contributed by atoms with E-state index < -0.39 is 11.7 Å². The molecule has 0 saturated carbocycles. The average Bonchev–Trinajstić information content (AvgIpc) is 2.94. The number of hydrogen-bond acceptors (Lipinski definition) is 4. The van der Waals surface area contributed by atoms with Gasteiger partial charge in [0, 0.05) is 23.1 Å². The molecule has 1 aliphatic rings. The van der Waals surface area contributed by atoms with Gasteiger partial charge in [0.05, 0.1) is 12.8 Å². The van der Waals surface area contributed by atoms with Crippen LogP contribution < -0.4 is 10.6 Å². The number of rotatable bonds is 4. The molecule has 0 unspecified atom stereocenters. The molecule has 5 nitrogen and oxygen atoms in total. The summed E-state index contributed by atoms with van der Waals surface area (Å²) >= 11 is 3.42. The highest BCUT2D eigenvalue weighted by Gasteiger charge is 2.25. The molecule has 1 amide bonds. The van der Waals surface area contributed by atoms with E-state index in [-0.39, 0.29) is 23.4 Å². The van der Waals surface area contributed by atoms with E-state index >= 15 is 0 Å². The highest BCUT2D eigenvalue weighted by Crippen LogP contribution is 2.29. The SMILES string of the molecule is Br.O=C1Cc2c(CNCc3ccco3)cc(Br)cc2NC1=O. The van der Waals surface area contributed by atoms with Gasteiger partial charge in [0.15, 0.2) is 0 Å². The van der Waals surface area contributed by atoms with Crippen LogP contribution in [-0.2, 0) is 29.1 Å². The molecule has 0 radical (unpaired) electrons. The number of furan rings is 1. The molecule has 0 bridgehead atoms. The van der Waals surface area contributed by atoms with Gasteiger partial charge in [-0.2, -0.15) is 0 Å². The Labute approximate surface area is 146 Å². The zero-order chi connectivity index (χ0) is 14.8. The lowest BCUT2D eigenvalue weighted by atomic mass is 9.96. The third kappa shape index (κ3) is 3.66. The Kier molecular flexibility index (Phi) is 5.55. The van der Waals surface area contributed by atoms with Gasteiger partial charge in [-0.15, -0.1) is 17.0 Å². The summed E-state index contributed by atoms with van der Waals surface area (Å²) in [5, 5.41) is 5.90. The number of nitrogens with one attached hydrogen (secondary N) is 2. The molecular weight excluding hydrogens is 416 g/mol. The van der Waals surface area contributed by atoms with Gasteiger partial charge in [0.1, 0.15) is 5.76 Å². The molecule has 2 aromatic rings. The predicted molar refractivity (Wildman–Crippen MR) is 91.1 cm³/mol. The van der Waals surface area contributed by atoms with Crippen LogP contribution in [0.4, 0.5) is 5.69 Å². The zero-order valence-electron chi connectivity index (χ0n) is 11.5. The summed E-state index contributed by atoms with van der Waals surface area (Å²) < 4.78 is 6.12. The van der Waals surface area contributed by atoms with Crippen LogP contribution in [-0.4, -0.2) is 11.7 Å². The molecule has 0 spiro atoms. The van der Waals surface area contributed by atoms with Gasteiger partial charge in [-0.25, -0.2) is 0 Å². The minimum absolute atomic E-state index is 0. The van der Waals surface area contributed by atoms with Gasteiger partial charge in [-0.05, 0) is 35.4 Å². The Morgan fingerprint density at radius 3 is 2.82 bits per heavy atom. The summed E-state index contributed by atoms with van der Waals surface area (Å²) in [4.78, 5) is 23.0. The van der Waals surface area contributed by atoms with Crippen molar-refractivity contribution in [3.05, 3.63) is 51.9 Å². The third-order valence-electron chi connectivity index (χ3n) is 3.34. The van der Waals surface area contributed by atoms with E-state index in [2.05, 4.69) is 26.6 Å². The first kappa shape index (κ1) is 16.9. The Hall–Kier alpha value is -1.44. The highest BCUT2D eigenvalue weighted by atomic mass is 79.9. The zero-order valence-corrected chi connectivity index (χ0v) is 14.8. The Morgan fingerprint density at radius 1 is 1.27 bits per heavy atom. The molecule has 22 heavy (non-hydrogen) atoms. The van der Waals surface area contributed by atoms with Crippen molar-refractivity contribution in [1.29, 1.82) is 0 Å². The van der Waals surface area contributed by atoms with Crippen molar-refractivity contribution in [2.24, 2.45) is 0 Å². The lowest BCUT2D eigenvalue weighted by Crippen LogP contribution is -2.31. The van der Waals surface area contributed by atoms with E-state index in [1.807, 2.05) is 24.3 Å². The van der Waals surface area contributed by atoms with Crippen LogP contribution in [0.3, 0.4) is 0 Å². The molecule has 1 aromatic carbocycles. The number of anilines is 1. The van der Waals surface area contributed by atoms with Crippen LogP contribution >= 0.6 is 32.9 Å². The van der Waals surface area contributed by atoms with Crippen molar-refractivity contribution in [3.8, 4) is 0 Å². The molecule has 2 heterocycles. The second-order valence-corrected chi connectivity index (χ2v) is 5.74. The third-order valence-corrected chi connectivity index (χ3v) is 3.80. The molecule has 116 valence electrons. The standard InChI is InChI=1S/C15H13BrN2O3.BrH/c16-10-4-9(7-17-8-11-2-1-3-21-11)12-6-14(19)15(20)18-13(12)5-10;/h1-5,17H,6-8H2,(H,18,20);1H. The quantitative estimate of drug-likeness (QED) is 0.733. The van der Waals surface area contributed by atoms with Gasteiger partial charge < -0.3 is 15.1 Å². The van der Waals surface area contributed by atoms with Crippen molar-refractivity contribution >= 4 is 50.3 Å². The molecule has 0 fully saturated rings. The molecule has 0 saturated heterocycles. The minimum Gasteiger partial charge on any atom is -0.468 e. The number of amides is 1. The van der Waals surface area contributed by atoms with E-state index in [0.717, 1.165) is 21.4 Å². The lowest BCUT2D eigenvalue weighted by Gasteiger charge is -2.20. The number of ketones is 1. The molecule has 1 aliphatic heterocycles. The van der Waals surface area contributed by atoms with Crippen LogP contribution in [0.1, 0.15) is 16.9 Å². The Bertz CT molecular complexity index is 699. The van der Waals surface area contributed by atoms with Crippen molar-refractivity contribution < 1.29 is 14.0 Å². The largest absolute Gasteiger partial charge is 0.468 e. The van der Waals surface area contributed by atoms with Crippen molar-refractivity contribution in [1.82, 2.24) is 5.32 Å². The summed E-state index contributed by atoms with van der Waals surface area (Å²) in [6.07, 6.45) is 1.78. The van der Waals surface area contributed by atoms with Gasteiger partial charge in [0.25, 0.3) is 5.91 Å². The number of benzene rings is 1. The molecular formula is C15H14Br2N2O3. The van der Waals surface area contributed by atoms with Gasteiger partial charge in [-0.3, -0.25) is 9.59 Å². The number of carbonyl (C=O) groups excluding carboxylic acids is 2. The summed E-state index contributed by atoms with van der Waals surface area (Å²) in [6.45, 7) is 1.19. The first-order valence-electron chi connectivity index (χ1n) is 6.52. The number of halogens is 2. The first-order chi connectivity index (χ1) is 10.1. The smallest absolute Gasteiger partial charge is 0.292 e. The topological polar surface area (TPSA) is 71.3 Å². The first-order valence-corrected chi connectivity index (χ1v) is 7.31. The Morgan fingerprint density at radius 2 is 2.09 bits per heavy atom. The normalized spacial score (nSPS) is 13.3. The van der Waals surface area contributed by atoms with Gasteiger partial charge >= 0.3 is 0 Å². The second kappa shape index (κ2) is 7.21. The lowest BCUT2D eigenvalue weighted by molar-refractivity contribution is -0.134. The van der Waals surface area contributed by atoms with Crippen LogP contribution in [0.15, 0.2) is 39.4 Å². The highest BCUT2D eigenvalue weighted by molar-refractivity contribution is 9.10. The van der Waals surface area contributed by atoms with Crippen molar-refractivity contribution in [3.63, 3.8) is 0 Å². The molecule has 0 aliphatic carbocycles. The molecule has 1 aromatic heterocycles. The van der Waals surface area contributed by atoms with E-state index in [1.165, 1.54) is 0 Å². The summed E-state index contributed by atoms with van der Waals surface area (Å²) in [7, 11) is 0. The summed E-state index contributed by atoms with van der Waals surface area (Å²) in [5.41, 5.74) is 2.55. The number of hydrogen-bond donors (Lipinski definition) is 2. The van der Waals surface area contributed by atoms with Crippen LogP contribution in [0.25, 0.3) is 0 Å². The maximum Gasteiger partial charge on any atom is 0.292 e. The maximum atomic E-state index is 11.6. The van der Waals surface area contributed by atoms with Crippen LogP contribution in [0.5, 0.6) is 0 Å². The maximum absolute atomic E-state index is 11.6. The summed E-state index contributed by atoms with van der Waals surface area (Å²) in [6, 6.07) is 7.51. The number of carbonyl (C=O) groups is 2. The van der Waals surface area contributed by atoms with Gasteiger partial charge in [-0.1, -0.05) is 15.9 Å². The molecule has 2 N–H and O–H groups in total. The summed E-state index contributed by atoms with van der Waals surface area (Å²) in [5.74, 6) is -0.101. The fourth-order valence-corrected chi connectivity index (χ4v) is 2.84. The monoisotopic (exact) mass is 428 g/mol. The minimum atomic E-state index is -0.546. The van der Waals surface area contributed by atoms with Gasteiger partial charge in [0.2, 0.25) is 5.78 Å². The second-order valence-electron chi connectivity index (χ2n) is 4.83. The molecule has 7 heteroatoms. The number of fused-ring (bicyclic) bond motifs is 1. The number of Topliss-reactive ketones (excluding diaryl/α,β-unsaturated/α-hetero) is 1. The van der Waals surface area contributed by atoms with Crippen molar-refractivity contribution in [2.45, 2.75) is 19.5 Å². The van der Waals surface area contributed by atoms with E-state index in [1.54, 1.807) is 6.26 Å². The molecule has 0 atom stereocenters. The molecule has 3 rings (SSSR count). The van der Waals surface area contributed by atoms with Crippen LogP contribution in [0, 0.1) is 0 Å². The predicted octanol–water partition coefficient (Wildman–Crippen LogP) is 2.97. The average molecular weight is 430 g/mol. The van der Waals surface area contributed by atoms with Crippen LogP contribution in [0.2, 0.25) is 0 Å². The van der Waals surface area contributed by atoms with E-state index in [4.69, 9.17) is 4.42 Å². The fourth-order valence-electron chi connectivity index (χ4n) is 2.34. The Balaban J connectivity index is 0.00000176. The van der Waals surface area contributed by atoms with E-state index in [9.17, 15) is 9.59 Å². The van der Waals surface area contributed by atoms with Crippen molar-refractivity contribution in [2.75, 3.05) is 5.32 Å². The fraction of sp³-hybridized carbons (Fsp3) is 0.200. The van der Waals surface area contributed by atoms with E-state index in [0.29, 0.717) is 18.8 Å².